The Kier molecular flexibility index (Phi) is 6.43. The lowest BCUT2D eigenvalue weighted by molar-refractivity contribution is -0.115. The third kappa shape index (κ3) is 5.12. The first kappa shape index (κ1) is 19.5. The normalized spacial score (nSPS) is 10.8. The van der Waals surface area contributed by atoms with Crippen LogP contribution in [0.4, 0.5) is 5.13 Å². The second-order valence-electron chi connectivity index (χ2n) is 5.50. The first-order valence-electron chi connectivity index (χ1n) is 7.53. The van der Waals surface area contributed by atoms with Crippen molar-refractivity contribution in [2.45, 2.75) is 12.8 Å². The van der Waals surface area contributed by atoms with Crippen LogP contribution in [0.3, 0.4) is 0 Å². The Morgan fingerprint density at radius 3 is 2.19 bits per heavy atom. The van der Waals surface area contributed by atoms with E-state index in [0.29, 0.717) is 37.2 Å². The van der Waals surface area contributed by atoms with Crippen LogP contribution < -0.4 is 5.32 Å². The molecule has 0 saturated carbocycles. The number of nitrogens with one attached hydrogen (secondary N) is 1. The lowest BCUT2D eigenvalue weighted by Crippen LogP contribution is -2.14. The van der Waals surface area contributed by atoms with Crippen molar-refractivity contribution in [1.82, 2.24) is 4.98 Å². The zero-order valence-electron chi connectivity index (χ0n) is 13.2. The molecule has 0 aliphatic carbocycles. The molecule has 1 N–H and O–H groups in total. The summed E-state index contributed by atoms with van der Waals surface area (Å²) in [5, 5.41) is 5.51. The van der Waals surface area contributed by atoms with Crippen molar-refractivity contribution in [3.63, 3.8) is 0 Å². The maximum Gasteiger partial charge on any atom is 0.230 e. The van der Waals surface area contributed by atoms with Crippen molar-refractivity contribution in [2.75, 3.05) is 5.32 Å². The number of rotatable bonds is 5. The van der Waals surface area contributed by atoms with Gasteiger partial charge in [0, 0.05) is 37.6 Å². The fraction of sp³-hybridized carbons (Fsp3) is 0.111. The van der Waals surface area contributed by atoms with Crippen molar-refractivity contribution in [2.24, 2.45) is 0 Å². The summed E-state index contributed by atoms with van der Waals surface area (Å²) in [5.74, 6) is -0.195. The van der Waals surface area contributed by atoms with E-state index in [9.17, 15) is 4.79 Å². The van der Waals surface area contributed by atoms with E-state index in [0.717, 1.165) is 10.4 Å². The molecule has 0 aliphatic rings. The number of amides is 1. The third-order valence-corrected chi connectivity index (χ3v) is 5.63. The Morgan fingerprint density at radius 2 is 1.58 bits per heavy atom. The molecule has 134 valence electrons. The van der Waals surface area contributed by atoms with Gasteiger partial charge < -0.3 is 5.32 Å². The summed E-state index contributed by atoms with van der Waals surface area (Å²) in [7, 11) is 0. The smallest absolute Gasteiger partial charge is 0.230 e. The first-order valence-corrected chi connectivity index (χ1v) is 9.86. The molecular formula is C18H12Cl4N2OS. The average Bonchev–Trinajstić information content (AvgIpc) is 3.00. The van der Waals surface area contributed by atoms with Crippen LogP contribution in [0, 0.1) is 0 Å². The zero-order valence-corrected chi connectivity index (χ0v) is 17.1. The fourth-order valence-electron chi connectivity index (χ4n) is 2.30. The van der Waals surface area contributed by atoms with Crippen molar-refractivity contribution in [1.29, 1.82) is 0 Å². The summed E-state index contributed by atoms with van der Waals surface area (Å²) < 4.78 is 0. The molecule has 0 atom stereocenters. The topological polar surface area (TPSA) is 42.0 Å². The lowest BCUT2D eigenvalue weighted by Gasteiger charge is -2.05. The minimum absolute atomic E-state index is 0.147. The number of aromatic nitrogens is 1. The van der Waals surface area contributed by atoms with Gasteiger partial charge in [0.2, 0.25) is 5.91 Å². The van der Waals surface area contributed by atoms with E-state index >= 15 is 0 Å². The number of hydrogen-bond donors (Lipinski definition) is 1. The molecule has 0 bridgehead atoms. The molecule has 0 unspecified atom stereocenters. The summed E-state index contributed by atoms with van der Waals surface area (Å²) in [6.45, 7) is 0. The second kappa shape index (κ2) is 8.59. The third-order valence-electron chi connectivity index (χ3n) is 3.55. The van der Waals surface area contributed by atoms with Crippen molar-refractivity contribution in [3.8, 4) is 0 Å². The molecule has 0 spiro atoms. The van der Waals surface area contributed by atoms with Crippen LogP contribution in [0.25, 0.3) is 0 Å². The highest BCUT2D eigenvalue weighted by molar-refractivity contribution is 7.15. The van der Waals surface area contributed by atoms with Crippen molar-refractivity contribution >= 4 is 68.8 Å². The molecule has 0 saturated heterocycles. The van der Waals surface area contributed by atoms with E-state index in [1.54, 1.807) is 36.5 Å². The van der Waals surface area contributed by atoms with Gasteiger partial charge in [0.05, 0.1) is 6.42 Å². The molecule has 3 nitrogen and oxygen atoms in total. The Morgan fingerprint density at radius 1 is 0.962 bits per heavy atom. The molecule has 1 amide bonds. The minimum Gasteiger partial charge on any atom is -0.302 e. The number of benzene rings is 2. The van der Waals surface area contributed by atoms with Gasteiger partial charge in [-0.05, 0) is 35.4 Å². The predicted octanol–water partition coefficient (Wildman–Crippen LogP) is 6.53. The predicted molar refractivity (Wildman–Crippen MR) is 110 cm³/mol. The molecule has 3 aromatic rings. The van der Waals surface area contributed by atoms with Gasteiger partial charge in [-0.25, -0.2) is 4.98 Å². The Bertz CT molecular complexity index is 958. The van der Waals surface area contributed by atoms with Gasteiger partial charge in [0.25, 0.3) is 0 Å². The largest absolute Gasteiger partial charge is 0.302 e. The lowest BCUT2D eigenvalue weighted by atomic mass is 10.1. The monoisotopic (exact) mass is 444 g/mol. The second-order valence-corrected chi connectivity index (χ2v) is 8.31. The molecule has 0 aliphatic heterocycles. The Hall–Kier alpha value is -1.30. The summed E-state index contributed by atoms with van der Waals surface area (Å²) in [6, 6.07) is 10.4. The maximum atomic E-state index is 12.2. The average molecular weight is 446 g/mol. The number of thiazole rings is 1. The van der Waals surface area contributed by atoms with Crippen LogP contribution in [0.1, 0.15) is 16.0 Å². The minimum atomic E-state index is -0.195. The standard InChI is InChI=1S/C18H12Cl4N2OS/c19-12-3-1-10(15(21)7-12)5-14-9-23-18(26-14)24-17(25)6-11-2-4-13(20)8-16(11)22/h1-4,7-9H,5-6H2,(H,23,24,25). The summed E-state index contributed by atoms with van der Waals surface area (Å²) in [4.78, 5) is 17.4. The highest BCUT2D eigenvalue weighted by Crippen LogP contribution is 2.27. The molecule has 2 aromatic carbocycles. The number of carbonyl (C=O) groups excluding carboxylic acids is 1. The van der Waals surface area contributed by atoms with Crippen LogP contribution in [-0.2, 0) is 17.6 Å². The van der Waals surface area contributed by atoms with Gasteiger partial charge in [-0.1, -0.05) is 58.5 Å². The van der Waals surface area contributed by atoms with E-state index in [2.05, 4.69) is 10.3 Å². The quantitative estimate of drug-likeness (QED) is 0.485. The summed E-state index contributed by atoms with van der Waals surface area (Å²) >= 11 is 25.5. The van der Waals surface area contributed by atoms with Gasteiger partial charge in [0.1, 0.15) is 0 Å². The highest BCUT2D eigenvalue weighted by Gasteiger charge is 2.11. The number of carbonyl (C=O) groups is 1. The van der Waals surface area contributed by atoms with Gasteiger partial charge in [-0.2, -0.15) is 0 Å². The van der Waals surface area contributed by atoms with E-state index in [1.165, 1.54) is 11.3 Å². The van der Waals surface area contributed by atoms with E-state index in [1.807, 2.05) is 6.07 Å². The molecule has 1 heterocycles. The van der Waals surface area contributed by atoms with E-state index in [4.69, 9.17) is 46.4 Å². The van der Waals surface area contributed by atoms with Crippen molar-refractivity contribution in [3.05, 3.63) is 78.7 Å². The van der Waals surface area contributed by atoms with Crippen LogP contribution in [-0.4, -0.2) is 10.9 Å². The van der Waals surface area contributed by atoms with Crippen molar-refractivity contribution < 1.29 is 4.79 Å². The van der Waals surface area contributed by atoms with Gasteiger partial charge >= 0.3 is 0 Å². The molecule has 8 heteroatoms. The molecule has 3 rings (SSSR count). The van der Waals surface area contributed by atoms with Crippen LogP contribution in [0.15, 0.2) is 42.6 Å². The van der Waals surface area contributed by atoms with Crippen LogP contribution in [0.2, 0.25) is 20.1 Å². The number of anilines is 1. The molecule has 0 radical (unpaired) electrons. The molecule has 26 heavy (non-hydrogen) atoms. The van der Waals surface area contributed by atoms with Gasteiger partial charge in [-0.3, -0.25) is 4.79 Å². The zero-order chi connectivity index (χ0) is 18.7. The molecule has 1 aromatic heterocycles. The Labute approximate surface area is 174 Å². The number of hydrogen-bond acceptors (Lipinski definition) is 3. The number of halogens is 4. The summed E-state index contributed by atoms with van der Waals surface area (Å²) in [5.41, 5.74) is 1.66. The Balaban J connectivity index is 1.63. The van der Waals surface area contributed by atoms with Crippen LogP contribution in [0.5, 0.6) is 0 Å². The van der Waals surface area contributed by atoms with Gasteiger partial charge in [0.15, 0.2) is 5.13 Å². The molecular weight excluding hydrogens is 434 g/mol. The van der Waals surface area contributed by atoms with E-state index in [-0.39, 0.29) is 12.3 Å². The maximum absolute atomic E-state index is 12.2. The van der Waals surface area contributed by atoms with Gasteiger partial charge in [-0.15, -0.1) is 11.3 Å². The fourth-order valence-corrected chi connectivity index (χ4v) is 4.10. The first-order chi connectivity index (χ1) is 12.4. The SMILES string of the molecule is O=C(Cc1ccc(Cl)cc1Cl)Nc1ncc(Cc2ccc(Cl)cc2Cl)s1. The molecule has 0 fully saturated rings. The highest BCUT2D eigenvalue weighted by atomic mass is 35.5. The van der Waals surface area contributed by atoms with E-state index < -0.39 is 0 Å². The number of nitrogens with zero attached hydrogens (tertiary/aromatic N) is 1. The summed E-state index contributed by atoms with van der Waals surface area (Å²) in [6.07, 6.45) is 2.49. The van der Waals surface area contributed by atoms with Crippen LogP contribution >= 0.6 is 57.7 Å².